The van der Waals surface area contributed by atoms with E-state index in [9.17, 15) is 9.90 Å². The van der Waals surface area contributed by atoms with Crippen LogP contribution in [0.15, 0.2) is 84.9 Å². The van der Waals surface area contributed by atoms with Gasteiger partial charge in [0.2, 0.25) is 0 Å². The van der Waals surface area contributed by atoms with Crippen LogP contribution >= 0.6 is 11.6 Å². The topological polar surface area (TPSA) is 58.6 Å². The van der Waals surface area contributed by atoms with Crippen molar-refractivity contribution in [1.82, 2.24) is 5.32 Å². The number of halogens is 1. The van der Waals surface area contributed by atoms with E-state index in [1.165, 1.54) is 0 Å². The molecule has 0 aromatic heterocycles. The third kappa shape index (κ3) is 3.82. The van der Waals surface area contributed by atoms with Crippen molar-refractivity contribution in [3.05, 3.63) is 107 Å². The van der Waals surface area contributed by atoms with Gasteiger partial charge >= 0.3 is 0 Å². The van der Waals surface area contributed by atoms with Crippen molar-refractivity contribution in [2.75, 3.05) is 7.11 Å². The largest absolute Gasteiger partial charge is 0.508 e. The third-order valence-corrected chi connectivity index (χ3v) is 5.40. The lowest BCUT2D eigenvalue weighted by molar-refractivity contribution is 0.0942. The Hall–Kier alpha value is -3.50. The van der Waals surface area contributed by atoms with Crippen LogP contribution in [-0.2, 0) is 0 Å². The van der Waals surface area contributed by atoms with E-state index in [2.05, 4.69) is 5.32 Å². The molecule has 4 rings (SSSR count). The molecule has 0 radical (unpaired) electrons. The van der Waals surface area contributed by atoms with Gasteiger partial charge in [-0.1, -0.05) is 66.2 Å². The number of aromatic hydroxyl groups is 1. The number of phenolic OH excluding ortho intramolecular Hbond substituents is 1. The van der Waals surface area contributed by atoms with Gasteiger partial charge in [0.1, 0.15) is 11.5 Å². The number of nitrogens with one attached hydrogen (secondary N) is 1. The van der Waals surface area contributed by atoms with Gasteiger partial charge in [-0.25, -0.2) is 0 Å². The highest BCUT2D eigenvalue weighted by molar-refractivity contribution is 6.31. The molecule has 0 saturated carbocycles. The summed E-state index contributed by atoms with van der Waals surface area (Å²) in [6.07, 6.45) is 0. The Balaban J connectivity index is 1.86. The second kappa shape index (κ2) is 8.47. The number of phenols is 1. The van der Waals surface area contributed by atoms with Crippen molar-refractivity contribution in [3.8, 4) is 11.5 Å². The Morgan fingerprint density at radius 3 is 2.53 bits per heavy atom. The molecular formula is C25H20ClNO3. The maximum Gasteiger partial charge on any atom is 0.252 e. The lowest BCUT2D eigenvalue weighted by Gasteiger charge is -2.23. The van der Waals surface area contributed by atoms with E-state index in [-0.39, 0.29) is 11.7 Å². The van der Waals surface area contributed by atoms with Crippen LogP contribution in [0.2, 0.25) is 5.02 Å². The zero-order valence-electron chi connectivity index (χ0n) is 16.3. The SMILES string of the molecule is COc1cccc(C(=O)N[C@H](c2ccccc2Cl)c2c(O)ccc3ccccc23)c1. The maximum atomic E-state index is 13.1. The smallest absolute Gasteiger partial charge is 0.252 e. The molecule has 4 aromatic carbocycles. The lowest BCUT2D eigenvalue weighted by atomic mass is 9.92. The molecule has 1 atom stereocenters. The number of carbonyl (C=O) groups excluding carboxylic acids is 1. The molecule has 150 valence electrons. The molecule has 4 aromatic rings. The predicted octanol–water partition coefficient (Wildman–Crippen LogP) is 5.73. The summed E-state index contributed by atoms with van der Waals surface area (Å²) in [4.78, 5) is 13.1. The van der Waals surface area contributed by atoms with Gasteiger partial charge in [-0.3, -0.25) is 4.79 Å². The molecule has 0 aliphatic carbocycles. The van der Waals surface area contributed by atoms with Crippen LogP contribution < -0.4 is 10.1 Å². The molecule has 0 unspecified atom stereocenters. The van der Waals surface area contributed by atoms with Gasteiger partial charge in [0.05, 0.1) is 13.2 Å². The zero-order chi connectivity index (χ0) is 21.1. The first-order valence-corrected chi connectivity index (χ1v) is 9.86. The van der Waals surface area contributed by atoms with Crippen LogP contribution in [0, 0.1) is 0 Å². The Morgan fingerprint density at radius 1 is 0.967 bits per heavy atom. The monoisotopic (exact) mass is 417 g/mol. The number of hydrogen-bond donors (Lipinski definition) is 2. The van der Waals surface area contributed by atoms with Gasteiger partial charge in [-0.2, -0.15) is 0 Å². The minimum absolute atomic E-state index is 0.0876. The van der Waals surface area contributed by atoms with E-state index in [1.807, 2.05) is 48.5 Å². The van der Waals surface area contributed by atoms with Crippen molar-refractivity contribution in [2.45, 2.75) is 6.04 Å². The van der Waals surface area contributed by atoms with E-state index < -0.39 is 6.04 Å². The minimum Gasteiger partial charge on any atom is -0.508 e. The van der Waals surface area contributed by atoms with Crippen LogP contribution in [-0.4, -0.2) is 18.1 Å². The number of methoxy groups -OCH3 is 1. The Kier molecular flexibility index (Phi) is 5.59. The first kappa shape index (κ1) is 19.8. The van der Waals surface area contributed by atoms with E-state index in [1.54, 1.807) is 43.5 Å². The molecule has 0 bridgehead atoms. The number of ether oxygens (including phenoxy) is 1. The first-order chi connectivity index (χ1) is 14.6. The summed E-state index contributed by atoms with van der Waals surface area (Å²) in [5.41, 5.74) is 1.74. The summed E-state index contributed by atoms with van der Waals surface area (Å²) in [6.45, 7) is 0. The summed E-state index contributed by atoms with van der Waals surface area (Å²) in [6, 6.07) is 24.8. The van der Waals surface area contributed by atoms with E-state index in [0.29, 0.717) is 27.5 Å². The minimum atomic E-state index is -0.650. The molecule has 0 aliphatic rings. The normalized spacial score (nSPS) is 11.8. The Labute approximate surface area is 179 Å². The van der Waals surface area contributed by atoms with Crippen LogP contribution in [0.25, 0.3) is 10.8 Å². The average Bonchev–Trinajstić information content (AvgIpc) is 2.78. The maximum absolute atomic E-state index is 13.1. The van der Waals surface area contributed by atoms with E-state index >= 15 is 0 Å². The van der Waals surface area contributed by atoms with Gasteiger partial charge in [-0.05, 0) is 46.7 Å². The molecule has 0 fully saturated rings. The summed E-state index contributed by atoms with van der Waals surface area (Å²) < 4.78 is 5.23. The second-order valence-electron chi connectivity index (χ2n) is 6.88. The van der Waals surface area contributed by atoms with Crippen LogP contribution in [0.3, 0.4) is 0 Å². The number of carbonyl (C=O) groups is 1. The number of fused-ring (bicyclic) bond motifs is 1. The zero-order valence-corrected chi connectivity index (χ0v) is 17.1. The Bertz CT molecular complexity index is 1220. The fraction of sp³-hybridized carbons (Fsp3) is 0.0800. The van der Waals surface area contributed by atoms with Gasteiger partial charge in [-0.15, -0.1) is 0 Å². The van der Waals surface area contributed by atoms with Crippen molar-refractivity contribution in [2.24, 2.45) is 0 Å². The highest BCUT2D eigenvalue weighted by atomic mass is 35.5. The van der Waals surface area contributed by atoms with Crippen molar-refractivity contribution < 1.29 is 14.6 Å². The molecule has 2 N–H and O–H groups in total. The Morgan fingerprint density at radius 2 is 1.73 bits per heavy atom. The predicted molar refractivity (Wildman–Crippen MR) is 119 cm³/mol. The van der Waals surface area contributed by atoms with Crippen molar-refractivity contribution in [3.63, 3.8) is 0 Å². The first-order valence-electron chi connectivity index (χ1n) is 9.48. The van der Waals surface area contributed by atoms with E-state index in [0.717, 1.165) is 10.8 Å². The highest BCUT2D eigenvalue weighted by Crippen LogP contribution is 2.38. The fourth-order valence-electron chi connectivity index (χ4n) is 3.58. The lowest BCUT2D eigenvalue weighted by Crippen LogP contribution is -2.29. The van der Waals surface area contributed by atoms with E-state index in [4.69, 9.17) is 16.3 Å². The number of hydrogen-bond acceptors (Lipinski definition) is 3. The molecule has 0 heterocycles. The summed E-state index contributed by atoms with van der Waals surface area (Å²) >= 11 is 6.50. The molecule has 30 heavy (non-hydrogen) atoms. The molecular weight excluding hydrogens is 398 g/mol. The standard InChI is InChI=1S/C25H20ClNO3/c1-30-18-9-6-8-17(15-18)25(29)27-24(20-11-4-5-12-21(20)26)23-19-10-3-2-7-16(19)13-14-22(23)28/h2-15,24,28H,1H3,(H,27,29)/t24-/m1/s1. The van der Waals surface area contributed by atoms with Gasteiger partial charge in [0.25, 0.3) is 5.91 Å². The number of rotatable bonds is 5. The average molecular weight is 418 g/mol. The van der Waals surface area contributed by atoms with Gasteiger partial charge < -0.3 is 15.2 Å². The molecule has 4 nitrogen and oxygen atoms in total. The quantitative estimate of drug-likeness (QED) is 0.436. The van der Waals surface area contributed by atoms with Crippen molar-refractivity contribution in [1.29, 1.82) is 0 Å². The molecule has 1 amide bonds. The molecule has 0 spiro atoms. The summed E-state index contributed by atoms with van der Waals surface area (Å²) in [7, 11) is 1.55. The highest BCUT2D eigenvalue weighted by Gasteiger charge is 2.25. The second-order valence-corrected chi connectivity index (χ2v) is 7.29. The van der Waals surface area contributed by atoms with Crippen LogP contribution in [0.4, 0.5) is 0 Å². The number of benzene rings is 4. The third-order valence-electron chi connectivity index (χ3n) is 5.06. The van der Waals surface area contributed by atoms with Gasteiger partial charge in [0, 0.05) is 16.1 Å². The summed E-state index contributed by atoms with van der Waals surface area (Å²) in [5, 5.41) is 16.1. The summed E-state index contributed by atoms with van der Waals surface area (Å²) in [5.74, 6) is 0.376. The van der Waals surface area contributed by atoms with Crippen LogP contribution in [0.5, 0.6) is 11.5 Å². The van der Waals surface area contributed by atoms with Crippen molar-refractivity contribution >= 4 is 28.3 Å². The van der Waals surface area contributed by atoms with Gasteiger partial charge in [0.15, 0.2) is 0 Å². The fourth-order valence-corrected chi connectivity index (χ4v) is 3.83. The number of amides is 1. The van der Waals surface area contributed by atoms with Crippen LogP contribution in [0.1, 0.15) is 27.5 Å². The molecule has 0 aliphatic heterocycles. The molecule has 5 heteroatoms. The molecule has 0 saturated heterocycles.